The molecule has 1 amide bonds. The molecule has 0 aliphatic rings. The second-order valence-electron chi connectivity index (χ2n) is 6.62. The van der Waals surface area contributed by atoms with Gasteiger partial charge >= 0.3 is 0 Å². The zero-order valence-electron chi connectivity index (χ0n) is 14.1. The quantitative estimate of drug-likeness (QED) is 0.657. The Kier molecular flexibility index (Phi) is 5.22. The van der Waals surface area contributed by atoms with Gasteiger partial charge in [0.2, 0.25) is 0 Å². The first-order valence-corrected chi connectivity index (χ1v) is 7.66. The SMILES string of the molecule is CC(C)(C)C(=O)N(O)Cc1ccc(Nc2ccc(C#N)cc2)cc1. The van der Waals surface area contributed by atoms with Crippen LogP contribution in [0.25, 0.3) is 0 Å². The van der Waals surface area contributed by atoms with E-state index in [2.05, 4.69) is 11.4 Å². The summed E-state index contributed by atoms with van der Waals surface area (Å²) >= 11 is 0. The van der Waals surface area contributed by atoms with Crippen LogP contribution in [0.4, 0.5) is 11.4 Å². The van der Waals surface area contributed by atoms with Gasteiger partial charge in [0.05, 0.1) is 18.2 Å². The molecule has 0 heterocycles. The Balaban J connectivity index is 2.00. The number of amides is 1. The van der Waals surface area contributed by atoms with Crippen molar-refractivity contribution in [2.75, 3.05) is 5.32 Å². The van der Waals surface area contributed by atoms with Gasteiger partial charge in [0.25, 0.3) is 5.91 Å². The molecule has 0 aliphatic heterocycles. The lowest BCUT2D eigenvalue weighted by molar-refractivity contribution is -0.177. The fourth-order valence-corrected chi connectivity index (χ4v) is 2.12. The van der Waals surface area contributed by atoms with Crippen LogP contribution in [0.5, 0.6) is 0 Å². The predicted molar refractivity (Wildman–Crippen MR) is 92.7 cm³/mol. The normalized spacial score (nSPS) is 10.8. The molecular weight excluding hydrogens is 302 g/mol. The number of hydrogen-bond donors (Lipinski definition) is 2. The summed E-state index contributed by atoms with van der Waals surface area (Å²) in [4.78, 5) is 12.0. The number of nitriles is 1. The van der Waals surface area contributed by atoms with Crippen molar-refractivity contribution in [3.8, 4) is 6.07 Å². The lowest BCUT2D eigenvalue weighted by Crippen LogP contribution is -2.36. The third kappa shape index (κ3) is 4.58. The van der Waals surface area contributed by atoms with E-state index in [1.165, 1.54) is 0 Å². The van der Waals surface area contributed by atoms with Gasteiger partial charge in [-0.15, -0.1) is 0 Å². The minimum atomic E-state index is -0.619. The molecule has 0 radical (unpaired) electrons. The van der Waals surface area contributed by atoms with Gasteiger partial charge in [-0.25, -0.2) is 5.06 Å². The monoisotopic (exact) mass is 323 g/mol. The van der Waals surface area contributed by atoms with Crippen LogP contribution >= 0.6 is 0 Å². The largest absolute Gasteiger partial charge is 0.356 e. The molecule has 5 nitrogen and oxygen atoms in total. The molecule has 0 aromatic heterocycles. The summed E-state index contributed by atoms with van der Waals surface area (Å²) in [5.41, 5.74) is 2.60. The van der Waals surface area contributed by atoms with Crippen molar-refractivity contribution < 1.29 is 10.0 Å². The van der Waals surface area contributed by atoms with Crippen molar-refractivity contribution in [3.05, 3.63) is 59.7 Å². The maximum absolute atomic E-state index is 12.0. The van der Waals surface area contributed by atoms with Crippen LogP contribution < -0.4 is 5.32 Å². The highest BCUT2D eigenvalue weighted by Gasteiger charge is 2.26. The molecule has 2 N–H and O–H groups in total. The van der Waals surface area contributed by atoms with E-state index in [4.69, 9.17) is 5.26 Å². The Hall–Kier alpha value is -2.84. The topological polar surface area (TPSA) is 76.4 Å². The van der Waals surface area contributed by atoms with Gasteiger partial charge in [0.1, 0.15) is 0 Å². The highest BCUT2D eigenvalue weighted by Crippen LogP contribution is 2.20. The summed E-state index contributed by atoms with van der Waals surface area (Å²) in [6.45, 7) is 5.45. The number of hydrogen-bond acceptors (Lipinski definition) is 4. The van der Waals surface area contributed by atoms with Crippen molar-refractivity contribution in [2.45, 2.75) is 27.3 Å². The number of anilines is 2. The predicted octanol–water partition coefficient (Wildman–Crippen LogP) is 4.07. The van der Waals surface area contributed by atoms with E-state index in [1.807, 2.05) is 36.4 Å². The van der Waals surface area contributed by atoms with E-state index in [0.717, 1.165) is 22.0 Å². The zero-order valence-corrected chi connectivity index (χ0v) is 14.1. The van der Waals surface area contributed by atoms with Crippen LogP contribution in [0.1, 0.15) is 31.9 Å². The Morgan fingerprint density at radius 3 is 2.04 bits per heavy atom. The Morgan fingerprint density at radius 1 is 1.08 bits per heavy atom. The second-order valence-corrected chi connectivity index (χ2v) is 6.62. The van der Waals surface area contributed by atoms with Crippen molar-refractivity contribution in [2.24, 2.45) is 5.41 Å². The lowest BCUT2D eigenvalue weighted by atomic mass is 9.95. The van der Waals surface area contributed by atoms with Crippen molar-refractivity contribution in [3.63, 3.8) is 0 Å². The number of carbonyl (C=O) groups is 1. The smallest absolute Gasteiger partial charge is 0.251 e. The van der Waals surface area contributed by atoms with Crippen LogP contribution in [0.15, 0.2) is 48.5 Å². The third-order valence-corrected chi connectivity index (χ3v) is 3.46. The second kappa shape index (κ2) is 7.16. The highest BCUT2D eigenvalue weighted by molar-refractivity contribution is 5.80. The van der Waals surface area contributed by atoms with Gasteiger partial charge in [0.15, 0.2) is 0 Å². The molecule has 0 saturated carbocycles. The molecule has 0 unspecified atom stereocenters. The molecule has 124 valence electrons. The van der Waals surface area contributed by atoms with Crippen LogP contribution in [-0.4, -0.2) is 16.2 Å². The highest BCUT2D eigenvalue weighted by atomic mass is 16.5. The summed E-state index contributed by atoms with van der Waals surface area (Å²) < 4.78 is 0. The minimum absolute atomic E-state index is 0.146. The number of nitrogens with one attached hydrogen (secondary N) is 1. The molecule has 0 fully saturated rings. The minimum Gasteiger partial charge on any atom is -0.356 e. The van der Waals surface area contributed by atoms with Gasteiger partial charge in [0, 0.05) is 16.8 Å². The maximum Gasteiger partial charge on any atom is 0.251 e. The van der Waals surface area contributed by atoms with Gasteiger partial charge in [-0.2, -0.15) is 5.26 Å². The standard InChI is InChI=1S/C19H21N3O2/c1-19(2,3)18(23)22(24)13-15-6-10-17(11-7-15)21-16-8-4-14(12-20)5-9-16/h4-11,21,24H,13H2,1-3H3. The average Bonchev–Trinajstić information content (AvgIpc) is 2.55. The van der Waals surface area contributed by atoms with Gasteiger partial charge in [-0.05, 0) is 42.0 Å². The molecule has 5 heteroatoms. The number of hydroxylamine groups is 2. The summed E-state index contributed by atoms with van der Waals surface area (Å²) in [6.07, 6.45) is 0. The maximum atomic E-state index is 12.0. The summed E-state index contributed by atoms with van der Waals surface area (Å²) in [5.74, 6) is -0.317. The first kappa shape index (κ1) is 17.5. The molecule has 2 aromatic rings. The van der Waals surface area contributed by atoms with Crippen LogP contribution in [-0.2, 0) is 11.3 Å². The molecule has 0 bridgehead atoms. The van der Waals surface area contributed by atoms with Gasteiger partial charge in [-0.1, -0.05) is 32.9 Å². The van der Waals surface area contributed by atoms with Crippen LogP contribution in [0.2, 0.25) is 0 Å². The average molecular weight is 323 g/mol. The van der Waals surface area contributed by atoms with Crippen molar-refractivity contribution >= 4 is 17.3 Å². The molecule has 24 heavy (non-hydrogen) atoms. The zero-order chi connectivity index (χ0) is 17.7. The number of nitrogens with zero attached hydrogens (tertiary/aromatic N) is 2. The molecular formula is C19H21N3O2. The van der Waals surface area contributed by atoms with Crippen LogP contribution in [0.3, 0.4) is 0 Å². The van der Waals surface area contributed by atoms with E-state index in [1.54, 1.807) is 32.9 Å². The molecule has 0 spiro atoms. The molecule has 2 aromatic carbocycles. The van der Waals surface area contributed by atoms with Crippen LogP contribution in [0, 0.1) is 16.7 Å². The molecule has 0 saturated heterocycles. The van der Waals surface area contributed by atoms with E-state index >= 15 is 0 Å². The number of carbonyl (C=O) groups excluding carboxylic acids is 1. The lowest BCUT2D eigenvalue weighted by Gasteiger charge is -2.24. The summed E-state index contributed by atoms with van der Waals surface area (Å²) in [5, 5.41) is 22.7. The number of benzene rings is 2. The van der Waals surface area contributed by atoms with E-state index in [9.17, 15) is 10.0 Å². The molecule has 0 atom stereocenters. The Bertz CT molecular complexity index is 738. The first-order valence-electron chi connectivity index (χ1n) is 7.66. The van der Waals surface area contributed by atoms with Crippen molar-refractivity contribution in [1.82, 2.24) is 5.06 Å². The fourth-order valence-electron chi connectivity index (χ4n) is 2.12. The first-order chi connectivity index (χ1) is 11.3. The third-order valence-electron chi connectivity index (χ3n) is 3.46. The van der Waals surface area contributed by atoms with E-state index in [-0.39, 0.29) is 12.5 Å². The Labute approximate surface area is 142 Å². The summed E-state index contributed by atoms with van der Waals surface area (Å²) in [6, 6.07) is 16.7. The van der Waals surface area contributed by atoms with E-state index < -0.39 is 5.41 Å². The van der Waals surface area contributed by atoms with Crippen molar-refractivity contribution in [1.29, 1.82) is 5.26 Å². The fraction of sp³-hybridized carbons (Fsp3) is 0.263. The summed E-state index contributed by atoms with van der Waals surface area (Å²) in [7, 11) is 0. The molecule has 0 aliphatic carbocycles. The number of rotatable bonds is 4. The molecule has 2 rings (SSSR count). The Morgan fingerprint density at radius 2 is 1.58 bits per heavy atom. The van der Waals surface area contributed by atoms with E-state index in [0.29, 0.717) is 5.56 Å². The van der Waals surface area contributed by atoms with Gasteiger partial charge < -0.3 is 5.32 Å². The van der Waals surface area contributed by atoms with Gasteiger partial charge in [-0.3, -0.25) is 10.0 Å².